The number of sulfonamides is 1. The first kappa shape index (κ1) is 20.6. The van der Waals surface area contributed by atoms with E-state index in [9.17, 15) is 13.2 Å². The van der Waals surface area contributed by atoms with Gasteiger partial charge < -0.3 is 11.1 Å². The standard InChI is InChI=1S/C13H27N3O3S.ClH/c1-13(2,3)10-20(18,19)16-8-4-5-11(9-16)12(17)15-7-6-14;/h11H,4-10,14H2,1-3H3,(H,15,17);1H. The molecule has 0 aliphatic carbocycles. The van der Waals surface area contributed by atoms with Gasteiger partial charge in [0.1, 0.15) is 0 Å². The molecule has 0 aromatic rings. The minimum Gasteiger partial charge on any atom is -0.355 e. The first-order valence-corrected chi connectivity index (χ1v) is 8.72. The van der Waals surface area contributed by atoms with Crippen LogP contribution < -0.4 is 11.1 Å². The molecule has 1 aliphatic rings. The van der Waals surface area contributed by atoms with Gasteiger partial charge in [-0.1, -0.05) is 20.8 Å². The smallest absolute Gasteiger partial charge is 0.224 e. The Labute approximate surface area is 134 Å². The number of carbonyl (C=O) groups is 1. The molecular formula is C13H28ClN3O3S. The van der Waals surface area contributed by atoms with Crippen molar-refractivity contribution >= 4 is 28.3 Å². The summed E-state index contributed by atoms with van der Waals surface area (Å²) in [6.45, 7) is 7.34. The third-order valence-corrected chi connectivity index (χ3v) is 5.56. The SMILES string of the molecule is CC(C)(C)CS(=O)(=O)N1CCCC(C(=O)NCCN)C1.Cl. The number of hydrogen-bond donors (Lipinski definition) is 2. The van der Waals surface area contributed by atoms with Crippen LogP contribution in [0.1, 0.15) is 33.6 Å². The summed E-state index contributed by atoms with van der Waals surface area (Å²) in [5.74, 6) is -0.243. The lowest BCUT2D eigenvalue weighted by Gasteiger charge is -2.33. The maximum absolute atomic E-state index is 12.4. The zero-order chi connectivity index (χ0) is 15.4. The van der Waals surface area contributed by atoms with Crippen molar-refractivity contribution in [3.05, 3.63) is 0 Å². The highest BCUT2D eigenvalue weighted by atomic mass is 35.5. The number of nitrogens with two attached hydrogens (primary N) is 1. The first-order chi connectivity index (χ1) is 9.15. The molecule has 1 aliphatic heterocycles. The molecular weight excluding hydrogens is 314 g/mol. The number of rotatable bonds is 5. The van der Waals surface area contributed by atoms with E-state index in [-0.39, 0.29) is 41.9 Å². The number of hydrogen-bond acceptors (Lipinski definition) is 4. The van der Waals surface area contributed by atoms with E-state index in [2.05, 4.69) is 5.32 Å². The molecule has 1 heterocycles. The summed E-state index contributed by atoms with van der Waals surface area (Å²) >= 11 is 0. The van der Waals surface area contributed by atoms with Crippen LogP contribution in [-0.4, -0.2) is 50.6 Å². The summed E-state index contributed by atoms with van der Waals surface area (Å²) in [7, 11) is -3.30. The number of halogens is 1. The van der Waals surface area contributed by atoms with E-state index in [1.807, 2.05) is 20.8 Å². The maximum atomic E-state index is 12.4. The van der Waals surface area contributed by atoms with Crippen molar-refractivity contribution in [1.82, 2.24) is 9.62 Å². The minimum absolute atomic E-state index is 0. The molecule has 1 saturated heterocycles. The van der Waals surface area contributed by atoms with E-state index in [0.717, 1.165) is 12.8 Å². The molecule has 1 amide bonds. The van der Waals surface area contributed by atoms with E-state index in [1.165, 1.54) is 4.31 Å². The molecule has 0 saturated carbocycles. The highest BCUT2D eigenvalue weighted by molar-refractivity contribution is 7.89. The van der Waals surface area contributed by atoms with Gasteiger partial charge in [-0.25, -0.2) is 12.7 Å². The molecule has 21 heavy (non-hydrogen) atoms. The number of piperidine rings is 1. The van der Waals surface area contributed by atoms with Gasteiger partial charge in [-0.3, -0.25) is 4.79 Å². The Hall–Kier alpha value is -0.370. The van der Waals surface area contributed by atoms with Crippen molar-refractivity contribution in [3.8, 4) is 0 Å². The topological polar surface area (TPSA) is 92.5 Å². The Morgan fingerprint density at radius 1 is 1.38 bits per heavy atom. The second kappa shape index (κ2) is 8.31. The Morgan fingerprint density at radius 2 is 2.00 bits per heavy atom. The highest BCUT2D eigenvalue weighted by Crippen LogP contribution is 2.24. The van der Waals surface area contributed by atoms with Crippen LogP contribution in [0.15, 0.2) is 0 Å². The average Bonchev–Trinajstić information content (AvgIpc) is 2.33. The van der Waals surface area contributed by atoms with E-state index in [1.54, 1.807) is 0 Å². The van der Waals surface area contributed by atoms with E-state index < -0.39 is 10.0 Å². The van der Waals surface area contributed by atoms with Gasteiger partial charge >= 0.3 is 0 Å². The molecule has 0 aromatic carbocycles. The van der Waals surface area contributed by atoms with Crippen LogP contribution in [0.25, 0.3) is 0 Å². The van der Waals surface area contributed by atoms with Gasteiger partial charge in [0.05, 0.1) is 11.7 Å². The molecule has 0 aromatic heterocycles. The normalized spacial score (nSPS) is 20.7. The second-order valence-electron chi connectivity index (χ2n) is 6.59. The second-order valence-corrected chi connectivity index (χ2v) is 8.56. The maximum Gasteiger partial charge on any atom is 0.224 e. The van der Waals surface area contributed by atoms with Crippen LogP contribution >= 0.6 is 12.4 Å². The molecule has 1 fully saturated rings. The summed E-state index contributed by atoms with van der Waals surface area (Å²) in [5.41, 5.74) is 5.07. The molecule has 0 radical (unpaired) electrons. The van der Waals surface area contributed by atoms with Crippen molar-refractivity contribution in [2.75, 3.05) is 31.9 Å². The summed E-state index contributed by atoms with van der Waals surface area (Å²) in [4.78, 5) is 11.9. The van der Waals surface area contributed by atoms with Gasteiger partial charge in [-0.15, -0.1) is 12.4 Å². The van der Waals surface area contributed by atoms with E-state index >= 15 is 0 Å². The van der Waals surface area contributed by atoms with Crippen molar-refractivity contribution in [1.29, 1.82) is 0 Å². The fourth-order valence-corrected chi connectivity index (χ4v) is 4.48. The van der Waals surface area contributed by atoms with Crippen LogP contribution in [-0.2, 0) is 14.8 Å². The van der Waals surface area contributed by atoms with Crippen LogP contribution in [0.3, 0.4) is 0 Å². The summed E-state index contributed by atoms with van der Waals surface area (Å²) in [5, 5.41) is 2.74. The molecule has 1 atom stereocenters. The zero-order valence-corrected chi connectivity index (χ0v) is 14.7. The van der Waals surface area contributed by atoms with Gasteiger partial charge in [0.15, 0.2) is 0 Å². The van der Waals surface area contributed by atoms with Crippen LogP contribution in [0.5, 0.6) is 0 Å². The van der Waals surface area contributed by atoms with Crippen molar-refractivity contribution in [2.24, 2.45) is 17.1 Å². The lowest BCUT2D eigenvalue weighted by Crippen LogP contribution is -2.47. The van der Waals surface area contributed by atoms with Gasteiger partial charge in [-0.2, -0.15) is 0 Å². The highest BCUT2D eigenvalue weighted by Gasteiger charge is 2.34. The number of carbonyl (C=O) groups excluding carboxylic acids is 1. The Morgan fingerprint density at radius 3 is 2.52 bits per heavy atom. The van der Waals surface area contributed by atoms with Gasteiger partial charge in [0.2, 0.25) is 15.9 Å². The van der Waals surface area contributed by atoms with Crippen LogP contribution in [0, 0.1) is 11.3 Å². The number of nitrogens with one attached hydrogen (secondary N) is 1. The Balaban J connectivity index is 0.00000400. The van der Waals surface area contributed by atoms with Gasteiger partial charge in [0.25, 0.3) is 0 Å². The van der Waals surface area contributed by atoms with Crippen molar-refractivity contribution in [3.63, 3.8) is 0 Å². The third-order valence-electron chi connectivity index (χ3n) is 3.21. The van der Waals surface area contributed by atoms with Crippen LogP contribution in [0.2, 0.25) is 0 Å². The minimum atomic E-state index is -3.30. The van der Waals surface area contributed by atoms with Crippen molar-refractivity contribution in [2.45, 2.75) is 33.6 Å². The lowest BCUT2D eigenvalue weighted by molar-refractivity contribution is -0.126. The average molecular weight is 342 g/mol. The molecule has 0 spiro atoms. The first-order valence-electron chi connectivity index (χ1n) is 7.11. The molecule has 8 heteroatoms. The monoisotopic (exact) mass is 341 g/mol. The van der Waals surface area contributed by atoms with E-state index in [0.29, 0.717) is 19.6 Å². The predicted molar refractivity (Wildman–Crippen MR) is 86.9 cm³/mol. The summed E-state index contributed by atoms with van der Waals surface area (Å²) < 4.78 is 26.2. The summed E-state index contributed by atoms with van der Waals surface area (Å²) in [6.07, 6.45) is 1.46. The van der Waals surface area contributed by atoms with Crippen LogP contribution in [0.4, 0.5) is 0 Å². The third kappa shape index (κ3) is 6.95. The molecule has 1 rings (SSSR count). The molecule has 126 valence electrons. The lowest BCUT2D eigenvalue weighted by atomic mass is 9.99. The Kier molecular flexibility index (Phi) is 8.17. The molecule has 1 unspecified atom stereocenters. The number of nitrogens with zero attached hydrogens (tertiary/aromatic N) is 1. The van der Waals surface area contributed by atoms with Gasteiger partial charge in [-0.05, 0) is 18.3 Å². The number of amides is 1. The quantitative estimate of drug-likeness (QED) is 0.764. The van der Waals surface area contributed by atoms with E-state index in [4.69, 9.17) is 5.73 Å². The molecule has 0 bridgehead atoms. The molecule has 6 nitrogen and oxygen atoms in total. The fourth-order valence-electron chi connectivity index (χ4n) is 2.39. The van der Waals surface area contributed by atoms with Crippen molar-refractivity contribution < 1.29 is 13.2 Å². The Bertz CT molecular complexity index is 434. The zero-order valence-electron chi connectivity index (χ0n) is 13.1. The van der Waals surface area contributed by atoms with Gasteiger partial charge in [0, 0.05) is 26.2 Å². The predicted octanol–water partition coefficient (Wildman–Crippen LogP) is 0.571. The summed E-state index contributed by atoms with van der Waals surface area (Å²) in [6, 6.07) is 0. The largest absolute Gasteiger partial charge is 0.355 e. The molecule has 3 N–H and O–H groups in total. The fraction of sp³-hybridized carbons (Fsp3) is 0.923.